The van der Waals surface area contributed by atoms with Crippen molar-refractivity contribution in [2.45, 2.75) is 33.2 Å². The zero-order valence-electron chi connectivity index (χ0n) is 26.3. The second-order valence-electron chi connectivity index (χ2n) is 11.4. The average Bonchev–Trinajstić information content (AvgIpc) is 3.53. The maximum atomic E-state index is 4.71. The monoisotopic (exact) mass is 632 g/mol. The van der Waals surface area contributed by atoms with Gasteiger partial charge in [0.15, 0.2) is 5.00 Å². The predicted molar refractivity (Wildman–Crippen MR) is 195 cm³/mol. The van der Waals surface area contributed by atoms with E-state index in [-0.39, 0.29) is 0 Å². The van der Waals surface area contributed by atoms with Gasteiger partial charge in [-0.15, -0.1) is 25.6 Å². The molecule has 0 aliphatic carbocycles. The highest BCUT2D eigenvalue weighted by atomic mass is 32.1. The molecule has 6 aromatic carbocycles. The van der Waals surface area contributed by atoms with E-state index >= 15 is 0 Å². The van der Waals surface area contributed by atoms with Crippen LogP contribution in [0, 0.1) is 6.92 Å². The number of anilines is 1. The van der Waals surface area contributed by atoms with Crippen LogP contribution < -0.4 is 5.32 Å². The highest BCUT2D eigenvalue weighted by Gasteiger charge is 2.10. The molecule has 0 aliphatic heterocycles. The molecule has 0 saturated carbocycles. The largest absolute Gasteiger partial charge is 0.382 e. The van der Waals surface area contributed by atoms with Gasteiger partial charge in [0.05, 0.1) is 34.0 Å². The first-order valence-corrected chi connectivity index (χ1v) is 16.3. The Morgan fingerprint density at radius 3 is 1.79 bits per heavy atom. The van der Waals surface area contributed by atoms with Crippen molar-refractivity contribution >= 4 is 83.1 Å². The summed E-state index contributed by atoms with van der Waals surface area (Å²) in [6.07, 6.45) is 1.05. The Labute approximate surface area is 276 Å². The number of hydrogen-bond acceptors (Lipinski definition) is 9. The third kappa shape index (κ3) is 6.39. The van der Waals surface area contributed by atoms with Gasteiger partial charge in [-0.05, 0) is 92.0 Å². The van der Waals surface area contributed by atoms with Crippen molar-refractivity contribution in [3.8, 4) is 0 Å². The Morgan fingerprint density at radius 2 is 1.13 bits per heavy atom. The SMILES string of the molecule is CCC(C)Nc1ccc(/N=N/c2ccc(/N=N/c3ccc(/N=N/c4snc5ccccc45)c(C)c3)c3ccccc23)c2ccccc12. The summed E-state index contributed by atoms with van der Waals surface area (Å²) in [4.78, 5) is 0. The lowest BCUT2D eigenvalue weighted by molar-refractivity contribution is 0.765. The minimum absolute atomic E-state index is 0.378. The van der Waals surface area contributed by atoms with E-state index in [0.717, 1.165) is 83.6 Å². The Bertz CT molecular complexity index is 2320. The molecule has 7 rings (SSSR count). The molecule has 0 amide bonds. The van der Waals surface area contributed by atoms with E-state index in [1.54, 1.807) is 0 Å². The molecule has 0 fully saturated rings. The quantitative estimate of drug-likeness (QED) is 0.160. The van der Waals surface area contributed by atoms with E-state index in [2.05, 4.69) is 68.3 Å². The Morgan fingerprint density at radius 1 is 0.596 bits per heavy atom. The fourth-order valence-corrected chi connectivity index (χ4v) is 6.08. The first-order chi connectivity index (χ1) is 23.1. The van der Waals surface area contributed by atoms with Crippen molar-refractivity contribution in [3.63, 3.8) is 0 Å². The molecule has 0 saturated heterocycles. The van der Waals surface area contributed by atoms with Gasteiger partial charge in [0.2, 0.25) is 0 Å². The van der Waals surface area contributed by atoms with Crippen LogP contribution in [0.4, 0.5) is 39.1 Å². The van der Waals surface area contributed by atoms with Crippen LogP contribution in [0.2, 0.25) is 0 Å². The summed E-state index contributed by atoms with van der Waals surface area (Å²) in [6, 6.07) is 38.4. The van der Waals surface area contributed by atoms with Gasteiger partial charge in [-0.3, -0.25) is 0 Å². The van der Waals surface area contributed by atoms with Crippen molar-refractivity contribution < 1.29 is 0 Å². The first-order valence-electron chi connectivity index (χ1n) is 15.6. The normalized spacial score (nSPS) is 12.7. The lowest BCUT2D eigenvalue weighted by atomic mass is 10.1. The summed E-state index contributed by atoms with van der Waals surface area (Å²) in [7, 11) is 0. The molecule has 0 bridgehead atoms. The van der Waals surface area contributed by atoms with Crippen molar-refractivity contribution in [3.05, 3.63) is 121 Å². The van der Waals surface area contributed by atoms with E-state index in [9.17, 15) is 0 Å². The number of hydrogen-bond donors (Lipinski definition) is 1. The molecule has 1 N–H and O–H groups in total. The van der Waals surface area contributed by atoms with Crippen molar-refractivity contribution in [2.75, 3.05) is 5.32 Å². The van der Waals surface area contributed by atoms with Crippen LogP contribution in [-0.4, -0.2) is 10.4 Å². The lowest BCUT2D eigenvalue weighted by Crippen LogP contribution is -2.13. The van der Waals surface area contributed by atoms with Crippen molar-refractivity contribution in [2.24, 2.45) is 30.7 Å². The molecule has 1 aromatic heterocycles. The van der Waals surface area contributed by atoms with Gasteiger partial charge in [0.1, 0.15) is 0 Å². The first kappa shape index (κ1) is 30.0. The zero-order chi connectivity index (χ0) is 32.2. The number of nitrogens with zero attached hydrogens (tertiary/aromatic N) is 7. The molecule has 47 heavy (non-hydrogen) atoms. The Kier molecular flexibility index (Phi) is 8.53. The smallest absolute Gasteiger partial charge is 0.166 e. The second kappa shape index (κ2) is 13.4. The zero-order valence-corrected chi connectivity index (χ0v) is 27.1. The summed E-state index contributed by atoms with van der Waals surface area (Å²) >= 11 is 1.34. The summed E-state index contributed by atoms with van der Waals surface area (Å²) in [5.41, 5.74) is 6.84. The highest BCUT2D eigenvalue weighted by molar-refractivity contribution is 7.11. The molecule has 0 aliphatic rings. The molecule has 9 heteroatoms. The van der Waals surface area contributed by atoms with E-state index in [1.807, 2.05) is 97.9 Å². The number of azo groups is 3. The maximum absolute atomic E-state index is 4.71. The molecule has 1 atom stereocenters. The molecule has 230 valence electrons. The van der Waals surface area contributed by atoms with Gasteiger partial charge in [0, 0.05) is 38.7 Å². The lowest BCUT2D eigenvalue weighted by Gasteiger charge is -2.15. The molecule has 0 radical (unpaired) electrons. The fraction of sp³-hybridized carbons (Fsp3) is 0.132. The minimum Gasteiger partial charge on any atom is -0.382 e. The number of benzene rings is 6. The summed E-state index contributed by atoms with van der Waals surface area (Å²) in [5.74, 6) is 0. The van der Waals surface area contributed by atoms with Crippen LogP contribution in [0.25, 0.3) is 32.4 Å². The number of aromatic nitrogens is 1. The third-order valence-corrected chi connectivity index (χ3v) is 8.89. The standard InChI is InChI=1S/C38H32N8S/c1-4-25(3)39-33-19-20-35(28-12-6-5-11-27(28)33)43-44-36-22-21-34(29-13-7-8-14-30(29)36)42-40-26-17-18-32(24(2)23-26)41-45-38-31-15-9-10-16-37(31)46-47-38/h5-23,25,39H,4H2,1-3H3/b42-40+,44-43+,45-41+. The second-order valence-corrected chi connectivity index (χ2v) is 12.1. The molecule has 8 nitrogen and oxygen atoms in total. The molecule has 7 aromatic rings. The molecular formula is C38H32N8S. The highest BCUT2D eigenvalue weighted by Crippen LogP contribution is 2.38. The minimum atomic E-state index is 0.378. The van der Waals surface area contributed by atoms with Gasteiger partial charge < -0.3 is 5.32 Å². The topological polar surface area (TPSA) is 99.1 Å². The summed E-state index contributed by atoms with van der Waals surface area (Å²) in [6.45, 7) is 6.36. The van der Waals surface area contributed by atoms with Gasteiger partial charge in [-0.1, -0.05) is 67.6 Å². The number of fused-ring (bicyclic) bond motifs is 3. The van der Waals surface area contributed by atoms with Crippen LogP contribution in [0.15, 0.2) is 146 Å². The number of nitrogens with one attached hydrogen (secondary N) is 1. The maximum Gasteiger partial charge on any atom is 0.166 e. The molecular weight excluding hydrogens is 601 g/mol. The van der Waals surface area contributed by atoms with Crippen molar-refractivity contribution in [1.29, 1.82) is 0 Å². The van der Waals surface area contributed by atoms with Crippen LogP contribution in [0.3, 0.4) is 0 Å². The van der Waals surface area contributed by atoms with E-state index in [1.165, 1.54) is 11.5 Å². The van der Waals surface area contributed by atoms with E-state index in [4.69, 9.17) is 10.2 Å². The number of aryl methyl sites for hydroxylation is 1. The number of rotatable bonds is 9. The van der Waals surface area contributed by atoms with Gasteiger partial charge in [-0.25, -0.2) is 0 Å². The van der Waals surface area contributed by atoms with Crippen LogP contribution in [-0.2, 0) is 0 Å². The summed E-state index contributed by atoms with van der Waals surface area (Å²) in [5, 5.41) is 37.0. The van der Waals surface area contributed by atoms with Gasteiger partial charge in [0.25, 0.3) is 0 Å². The Hall–Kier alpha value is -5.67. The Balaban J connectivity index is 1.13. The summed E-state index contributed by atoms with van der Waals surface area (Å²) < 4.78 is 4.44. The van der Waals surface area contributed by atoms with Crippen molar-refractivity contribution in [1.82, 2.24) is 4.37 Å². The molecule has 0 spiro atoms. The van der Waals surface area contributed by atoms with Gasteiger partial charge >= 0.3 is 0 Å². The molecule has 1 unspecified atom stereocenters. The van der Waals surface area contributed by atoms with Crippen LogP contribution >= 0.6 is 11.5 Å². The molecule has 1 heterocycles. The van der Waals surface area contributed by atoms with Crippen LogP contribution in [0.5, 0.6) is 0 Å². The predicted octanol–water partition coefficient (Wildman–Crippen LogP) is 13.4. The van der Waals surface area contributed by atoms with Crippen LogP contribution in [0.1, 0.15) is 25.8 Å². The fourth-order valence-electron chi connectivity index (χ4n) is 5.39. The van der Waals surface area contributed by atoms with E-state index < -0.39 is 0 Å². The third-order valence-electron chi connectivity index (χ3n) is 8.13. The average molecular weight is 633 g/mol. The van der Waals surface area contributed by atoms with Gasteiger partial charge in [-0.2, -0.15) is 9.49 Å². The van der Waals surface area contributed by atoms with E-state index in [0.29, 0.717) is 6.04 Å².